The van der Waals surface area contributed by atoms with E-state index in [9.17, 15) is 4.79 Å². The fourth-order valence-corrected chi connectivity index (χ4v) is 3.38. The molecule has 0 aromatic rings. The monoisotopic (exact) mass is 215 g/mol. The molecule has 4 nitrogen and oxygen atoms in total. The fraction of sp³-hybridized carbons (Fsp3) is 0.889. The van der Waals surface area contributed by atoms with Crippen molar-refractivity contribution in [2.75, 3.05) is 25.4 Å². The molecule has 2 rings (SSSR count). The number of hydrogen-bond acceptors (Lipinski definition) is 4. The van der Waals surface area contributed by atoms with Gasteiger partial charge in [0.05, 0.1) is 10.9 Å². The van der Waals surface area contributed by atoms with Crippen molar-refractivity contribution in [2.24, 2.45) is 5.73 Å². The molecule has 5 heteroatoms. The van der Waals surface area contributed by atoms with Gasteiger partial charge in [-0.2, -0.15) is 0 Å². The first-order chi connectivity index (χ1) is 6.63. The summed E-state index contributed by atoms with van der Waals surface area (Å²) >= 11 is 1.94. The zero-order valence-corrected chi connectivity index (χ0v) is 9.27. The van der Waals surface area contributed by atoms with Crippen LogP contribution >= 0.6 is 11.8 Å². The van der Waals surface area contributed by atoms with Gasteiger partial charge in [0.2, 0.25) is 5.91 Å². The zero-order chi connectivity index (χ0) is 10.2. The van der Waals surface area contributed by atoms with E-state index in [1.807, 2.05) is 16.7 Å². The highest BCUT2D eigenvalue weighted by Crippen LogP contribution is 2.36. The van der Waals surface area contributed by atoms with E-state index in [0.717, 1.165) is 31.8 Å². The number of likely N-dealkylation sites (tertiary alicyclic amines) is 1. The Bertz CT molecular complexity index is 238. The van der Waals surface area contributed by atoms with Gasteiger partial charge in [0, 0.05) is 25.4 Å². The van der Waals surface area contributed by atoms with Crippen molar-refractivity contribution in [3.8, 4) is 0 Å². The Balaban J connectivity index is 1.97. The predicted octanol–water partition coefficient (Wildman–Crippen LogP) is -0.401. The first kappa shape index (κ1) is 10.3. The van der Waals surface area contributed by atoms with E-state index in [1.54, 1.807) is 6.92 Å². The second-order valence-corrected chi connectivity index (χ2v) is 5.55. The molecule has 1 amide bonds. The molecule has 1 unspecified atom stereocenters. The predicted molar refractivity (Wildman–Crippen MR) is 58.0 cm³/mol. The first-order valence-corrected chi connectivity index (χ1v) is 6.05. The van der Waals surface area contributed by atoms with Gasteiger partial charge in [-0.3, -0.25) is 4.79 Å². The minimum Gasteiger partial charge on any atom is -0.339 e. The van der Waals surface area contributed by atoms with E-state index in [-0.39, 0.29) is 16.8 Å². The summed E-state index contributed by atoms with van der Waals surface area (Å²) in [4.78, 5) is 13.7. The zero-order valence-electron chi connectivity index (χ0n) is 8.45. The second kappa shape index (κ2) is 3.72. The van der Waals surface area contributed by atoms with Crippen LogP contribution in [0.15, 0.2) is 0 Å². The molecule has 0 radical (unpaired) electrons. The summed E-state index contributed by atoms with van der Waals surface area (Å²) in [5.41, 5.74) is 5.58. The van der Waals surface area contributed by atoms with Crippen LogP contribution in [0.3, 0.4) is 0 Å². The van der Waals surface area contributed by atoms with Crippen molar-refractivity contribution < 1.29 is 4.79 Å². The van der Waals surface area contributed by atoms with Crippen LogP contribution in [0, 0.1) is 0 Å². The summed E-state index contributed by atoms with van der Waals surface area (Å²) in [6, 6.07) is -0.364. The molecule has 0 aliphatic carbocycles. The lowest BCUT2D eigenvalue weighted by Gasteiger charge is -2.24. The number of nitrogens with one attached hydrogen (secondary N) is 1. The lowest BCUT2D eigenvalue weighted by molar-refractivity contribution is -0.131. The third-order valence-electron chi connectivity index (χ3n) is 2.86. The molecule has 0 saturated carbocycles. The van der Waals surface area contributed by atoms with Gasteiger partial charge < -0.3 is 16.0 Å². The summed E-state index contributed by atoms with van der Waals surface area (Å²) in [5, 5.41) is 3.48. The molecule has 2 aliphatic heterocycles. The van der Waals surface area contributed by atoms with E-state index >= 15 is 0 Å². The van der Waals surface area contributed by atoms with E-state index < -0.39 is 0 Å². The van der Waals surface area contributed by atoms with Crippen molar-refractivity contribution in [1.82, 2.24) is 10.2 Å². The van der Waals surface area contributed by atoms with Crippen molar-refractivity contribution in [1.29, 1.82) is 0 Å². The SMILES string of the molecule is C[C@H](N)C(=O)N1CCC2(C1)NCCS2. The lowest BCUT2D eigenvalue weighted by Crippen LogP contribution is -2.45. The number of carbonyl (C=O) groups is 1. The second-order valence-electron chi connectivity index (χ2n) is 4.07. The number of nitrogens with two attached hydrogens (primary N) is 1. The molecule has 2 heterocycles. The van der Waals surface area contributed by atoms with Gasteiger partial charge in [-0.15, -0.1) is 11.8 Å². The molecule has 0 bridgehead atoms. The molecule has 2 saturated heterocycles. The third-order valence-corrected chi connectivity index (χ3v) is 4.30. The average Bonchev–Trinajstić information content (AvgIpc) is 2.76. The topological polar surface area (TPSA) is 58.4 Å². The standard InChI is InChI=1S/C9H17N3OS/c1-7(10)8(13)12-4-2-9(6-12)11-3-5-14-9/h7,11H,2-6,10H2,1H3/t7-,9?/m0/s1. The van der Waals surface area contributed by atoms with Gasteiger partial charge in [-0.25, -0.2) is 0 Å². The van der Waals surface area contributed by atoms with Crippen LogP contribution in [-0.4, -0.2) is 47.1 Å². The number of carbonyl (C=O) groups excluding carboxylic acids is 1. The number of rotatable bonds is 1. The van der Waals surface area contributed by atoms with Gasteiger partial charge in [-0.05, 0) is 13.3 Å². The minimum atomic E-state index is -0.364. The molecule has 80 valence electrons. The fourth-order valence-electron chi connectivity index (χ4n) is 2.10. The van der Waals surface area contributed by atoms with Crippen molar-refractivity contribution in [2.45, 2.75) is 24.3 Å². The molecule has 14 heavy (non-hydrogen) atoms. The summed E-state index contributed by atoms with van der Waals surface area (Å²) in [5.74, 6) is 1.23. The highest BCUT2D eigenvalue weighted by atomic mass is 32.2. The number of thioether (sulfide) groups is 1. The molecule has 1 spiro atoms. The largest absolute Gasteiger partial charge is 0.339 e. The molecular formula is C9H17N3OS. The molecule has 0 aromatic carbocycles. The first-order valence-electron chi connectivity index (χ1n) is 5.06. The van der Waals surface area contributed by atoms with Crippen molar-refractivity contribution in [3.05, 3.63) is 0 Å². The van der Waals surface area contributed by atoms with Crippen molar-refractivity contribution >= 4 is 17.7 Å². The van der Waals surface area contributed by atoms with Crippen LogP contribution in [0.2, 0.25) is 0 Å². The average molecular weight is 215 g/mol. The van der Waals surface area contributed by atoms with Gasteiger partial charge in [0.15, 0.2) is 0 Å². The Morgan fingerprint density at radius 3 is 3.07 bits per heavy atom. The number of hydrogen-bond donors (Lipinski definition) is 2. The van der Waals surface area contributed by atoms with Crippen LogP contribution in [0.5, 0.6) is 0 Å². The Morgan fingerprint density at radius 1 is 1.71 bits per heavy atom. The quantitative estimate of drug-likeness (QED) is 0.625. The molecule has 0 aromatic heterocycles. The smallest absolute Gasteiger partial charge is 0.239 e. The van der Waals surface area contributed by atoms with Gasteiger partial charge in [-0.1, -0.05) is 0 Å². The van der Waals surface area contributed by atoms with Crippen molar-refractivity contribution in [3.63, 3.8) is 0 Å². The van der Waals surface area contributed by atoms with Crippen LogP contribution < -0.4 is 11.1 Å². The van der Waals surface area contributed by atoms with Crippen LogP contribution in [0.25, 0.3) is 0 Å². The number of amides is 1. The van der Waals surface area contributed by atoms with E-state index in [0.29, 0.717) is 0 Å². The maximum absolute atomic E-state index is 11.6. The molecule has 2 fully saturated rings. The van der Waals surface area contributed by atoms with Gasteiger partial charge in [0.25, 0.3) is 0 Å². The highest BCUT2D eigenvalue weighted by Gasteiger charge is 2.42. The normalized spacial score (nSPS) is 34.0. The molecule has 2 atom stereocenters. The maximum atomic E-state index is 11.6. The summed E-state index contributed by atoms with van der Waals surface area (Å²) < 4.78 is 0. The van der Waals surface area contributed by atoms with Crippen LogP contribution in [-0.2, 0) is 4.79 Å². The summed E-state index contributed by atoms with van der Waals surface area (Å²) in [6.45, 7) is 4.48. The van der Waals surface area contributed by atoms with E-state index in [1.165, 1.54) is 0 Å². The third kappa shape index (κ3) is 1.76. The Labute approximate surface area is 88.6 Å². The minimum absolute atomic E-state index is 0.0798. The maximum Gasteiger partial charge on any atom is 0.239 e. The summed E-state index contributed by atoms with van der Waals surface area (Å²) in [7, 11) is 0. The lowest BCUT2D eigenvalue weighted by atomic mass is 10.2. The highest BCUT2D eigenvalue weighted by molar-refractivity contribution is 8.00. The molecule has 2 aliphatic rings. The Kier molecular flexibility index (Phi) is 2.72. The van der Waals surface area contributed by atoms with Gasteiger partial charge >= 0.3 is 0 Å². The van der Waals surface area contributed by atoms with Crippen LogP contribution in [0.1, 0.15) is 13.3 Å². The molecule has 3 N–H and O–H groups in total. The van der Waals surface area contributed by atoms with Gasteiger partial charge in [0.1, 0.15) is 0 Å². The van der Waals surface area contributed by atoms with Crippen LogP contribution in [0.4, 0.5) is 0 Å². The van der Waals surface area contributed by atoms with E-state index in [2.05, 4.69) is 5.32 Å². The van der Waals surface area contributed by atoms with E-state index in [4.69, 9.17) is 5.73 Å². The Morgan fingerprint density at radius 2 is 2.50 bits per heavy atom. The Hall–Kier alpha value is -0.260. The summed E-state index contributed by atoms with van der Waals surface area (Å²) in [6.07, 6.45) is 1.05. The number of nitrogens with zero attached hydrogens (tertiary/aromatic N) is 1. The molecular weight excluding hydrogens is 198 g/mol.